The number of aromatic nitrogens is 4. The van der Waals surface area contributed by atoms with Gasteiger partial charge < -0.3 is 9.52 Å². The number of nitrogens with zero attached hydrogens (tertiary/aromatic N) is 4. The Kier molecular flexibility index (Phi) is 4.16. The number of furan rings is 1. The third-order valence-electron chi connectivity index (χ3n) is 3.27. The molecule has 2 rings (SSSR count). The molecule has 2 aromatic heterocycles. The number of rotatable bonds is 6. The highest BCUT2D eigenvalue weighted by atomic mass is 16.4. The Balaban J connectivity index is 2.43. The maximum absolute atomic E-state index is 11.0. The highest BCUT2D eigenvalue weighted by Crippen LogP contribution is 2.29. The van der Waals surface area contributed by atoms with Crippen LogP contribution in [0.2, 0.25) is 0 Å². The van der Waals surface area contributed by atoms with E-state index in [-0.39, 0.29) is 18.4 Å². The number of hydrogen-bond acceptors (Lipinski definition) is 5. The molecule has 1 N–H and O–H groups in total. The van der Waals surface area contributed by atoms with Gasteiger partial charge in [0.25, 0.3) is 0 Å². The first-order valence-corrected chi connectivity index (χ1v) is 6.61. The largest absolute Gasteiger partial charge is 0.481 e. The average Bonchev–Trinajstić information content (AvgIpc) is 3.02. The van der Waals surface area contributed by atoms with Gasteiger partial charge in [0, 0.05) is 6.42 Å². The average molecular weight is 278 g/mol. The van der Waals surface area contributed by atoms with Crippen LogP contribution in [-0.4, -0.2) is 31.3 Å². The number of aryl methyl sites for hydroxylation is 1. The zero-order valence-electron chi connectivity index (χ0n) is 11.8. The van der Waals surface area contributed by atoms with Crippen LogP contribution in [0.25, 0.3) is 11.4 Å². The molecule has 1 atom stereocenters. The van der Waals surface area contributed by atoms with E-state index in [0.717, 1.165) is 17.7 Å². The van der Waals surface area contributed by atoms with Gasteiger partial charge in [-0.25, -0.2) is 4.68 Å². The number of aliphatic carboxylic acids is 1. The number of hydrogen-bond donors (Lipinski definition) is 1. The van der Waals surface area contributed by atoms with Crippen molar-refractivity contribution >= 4 is 5.97 Å². The molecule has 108 valence electrons. The van der Waals surface area contributed by atoms with Crippen molar-refractivity contribution in [3.8, 4) is 11.4 Å². The molecule has 0 spiro atoms. The molecular formula is C13H18N4O3. The summed E-state index contributed by atoms with van der Waals surface area (Å²) < 4.78 is 6.97. The maximum atomic E-state index is 11.0. The second kappa shape index (κ2) is 5.85. The van der Waals surface area contributed by atoms with Gasteiger partial charge in [-0.05, 0) is 22.4 Å². The lowest BCUT2D eigenvalue weighted by molar-refractivity contribution is -0.138. The first-order chi connectivity index (χ1) is 9.54. The van der Waals surface area contributed by atoms with Gasteiger partial charge >= 0.3 is 5.97 Å². The minimum atomic E-state index is -0.868. The normalized spacial score (nSPS) is 12.8. The summed E-state index contributed by atoms with van der Waals surface area (Å²) in [6, 6.07) is 1.51. The van der Waals surface area contributed by atoms with E-state index in [9.17, 15) is 4.79 Å². The first-order valence-electron chi connectivity index (χ1n) is 6.61. The van der Waals surface area contributed by atoms with Crippen molar-refractivity contribution in [3.63, 3.8) is 0 Å². The summed E-state index contributed by atoms with van der Waals surface area (Å²) in [6.45, 7) is 5.89. The fraction of sp³-hybridized carbons (Fsp3) is 0.538. The minimum Gasteiger partial charge on any atom is -0.481 e. The fourth-order valence-electron chi connectivity index (χ4n) is 2.19. The molecule has 2 aromatic rings. The Bertz CT molecular complexity index is 588. The predicted octanol–water partition coefficient (Wildman–Crippen LogP) is 2.17. The van der Waals surface area contributed by atoms with Crippen molar-refractivity contribution in [3.05, 3.63) is 18.1 Å². The summed E-state index contributed by atoms with van der Waals surface area (Å²) >= 11 is 0. The highest BCUT2D eigenvalue weighted by Gasteiger charge is 2.25. The van der Waals surface area contributed by atoms with E-state index in [0.29, 0.717) is 5.82 Å². The van der Waals surface area contributed by atoms with Crippen molar-refractivity contribution < 1.29 is 14.3 Å². The van der Waals surface area contributed by atoms with E-state index in [4.69, 9.17) is 9.52 Å². The van der Waals surface area contributed by atoms with E-state index in [2.05, 4.69) is 15.5 Å². The second-order valence-corrected chi connectivity index (χ2v) is 4.97. The molecule has 0 bridgehead atoms. The molecule has 0 aromatic carbocycles. The van der Waals surface area contributed by atoms with Crippen molar-refractivity contribution in [2.75, 3.05) is 0 Å². The van der Waals surface area contributed by atoms with E-state index < -0.39 is 5.97 Å². The lowest BCUT2D eigenvalue weighted by Crippen LogP contribution is -2.21. The Morgan fingerprint density at radius 3 is 2.85 bits per heavy atom. The summed E-state index contributed by atoms with van der Waals surface area (Å²) in [5.41, 5.74) is 0.813. The second-order valence-electron chi connectivity index (χ2n) is 4.97. The third-order valence-corrected chi connectivity index (χ3v) is 3.27. The van der Waals surface area contributed by atoms with Crippen LogP contribution >= 0.6 is 0 Å². The zero-order valence-corrected chi connectivity index (χ0v) is 11.8. The molecule has 7 heteroatoms. The van der Waals surface area contributed by atoms with Gasteiger partial charge in [-0.15, -0.1) is 5.10 Å². The Morgan fingerprint density at radius 1 is 1.50 bits per heavy atom. The summed E-state index contributed by atoms with van der Waals surface area (Å²) in [6.07, 6.45) is 2.30. The summed E-state index contributed by atoms with van der Waals surface area (Å²) in [5.74, 6) is 0.577. The smallest absolute Gasteiger partial charge is 0.305 e. The summed E-state index contributed by atoms with van der Waals surface area (Å²) in [5, 5.41) is 20.7. The first kappa shape index (κ1) is 14.2. The van der Waals surface area contributed by atoms with Crippen LogP contribution < -0.4 is 0 Å². The predicted molar refractivity (Wildman–Crippen MR) is 71.0 cm³/mol. The number of carboxylic acid groups (broad SMARTS) is 1. The number of tetrazole rings is 1. The lowest BCUT2D eigenvalue weighted by Gasteiger charge is -2.19. The molecule has 0 aliphatic rings. The fourth-order valence-corrected chi connectivity index (χ4v) is 2.19. The SMILES string of the molecule is CCc1occc1-c1nnnn1C(CC(=O)O)C(C)C. The van der Waals surface area contributed by atoms with E-state index in [1.807, 2.05) is 20.8 Å². The Labute approximate surface area is 116 Å². The molecule has 0 fully saturated rings. The van der Waals surface area contributed by atoms with Gasteiger partial charge in [0.1, 0.15) is 5.76 Å². The molecule has 7 nitrogen and oxygen atoms in total. The van der Waals surface area contributed by atoms with Crippen molar-refractivity contribution in [2.45, 2.75) is 39.7 Å². The lowest BCUT2D eigenvalue weighted by atomic mass is 10.0. The van der Waals surface area contributed by atoms with Gasteiger partial charge in [0.15, 0.2) is 5.82 Å². The van der Waals surface area contributed by atoms with E-state index in [1.165, 1.54) is 0 Å². The van der Waals surface area contributed by atoms with Crippen molar-refractivity contribution in [1.29, 1.82) is 0 Å². The maximum Gasteiger partial charge on any atom is 0.305 e. The quantitative estimate of drug-likeness (QED) is 0.870. The molecule has 1 unspecified atom stereocenters. The van der Waals surface area contributed by atoms with Gasteiger partial charge in [-0.3, -0.25) is 4.79 Å². The van der Waals surface area contributed by atoms with E-state index in [1.54, 1.807) is 17.0 Å². The minimum absolute atomic E-state index is 0.0188. The van der Waals surface area contributed by atoms with Crippen LogP contribution in [0.1, 0.15) is 39.0 Å². The molecule has 0 radical (unpaired) electrons. The monoisotopic (exact) mass is 278 g/mol. The van der Waals surface area contributed by atoms with Crippen molar-refractivity contribution in [2.24, 2.45) is 5.92 Å². The standard InChI is InChI=1S/C13H18N4O3/c1-4-11-9(5-6-20-11)13-14-15-16-17(13)10(8(2)3)7-12(18)19/h5-6,8,10H,4,7H2,1-3H3,(H,18,19). The van der Waals surface area contributed by atoms with Crippen LogP contribution in [-0.2, 0) is 11.2 Å². The molecule has 0 amide bonds. The van der Waals surface area contributed by atoms with Crippen LogP contribution in [0.5, 0.6) is 0 Å². The molecule has 2 heterocycles. The van der Waals surface area contributed by atoms with Gasteiger partial charge in [0.2, 0.25) is 0 Å². The van der Waals surface area contributed by atoms with Crippen molar-refractivity contribution in [1.82, 2.24) is 20.2 Å². The van der Waals surface area contributed by atoms with Crippen LogP contribution in [0, 0.1) is 5.92 Å². The van der Waals surface area contributed by atoms with Gasteiger partial charge in [-0.2, -0.15) is 0 Å². The third kappa shape index (κ3) is 2.71. The summed E-state index contributed by atoms with van der Waals surface area (Å²) in [4.78, 5) is 11.0. The molecule has 0 saturated heterocycles. The molecule has 20 heavy (non-hydrogen) atoms. The topological polar surface area (TPSA) is 94.0 Å². The zero-order chi connectivity index (χ0) is 14.7. The van der Waals surface area contributed by atoms with Crippen LogP contribution in [0.4, 0.5) is 0 Å². The van der Waals surface area contributed by atoms with E-state index >= 15 is 0 Å². The molecule has 0 aliphatic heterocycles. The highest BCUT2D eigenvalue weighted by molar-refractivity contribution is 5.67. The van der Waals surface area contributed by atoms with Crippen LogP contribution in [0.15, 0.2) is 16.7 Å². The van der Waals surface area contributed by atoms with Gasteiger partial charge in [0.05, 0.1) is 24.3 Å². The summed E-state index contributed by atoms with van der Waals surface area (Å²) in [7, 11) is 0. The van der Waals surface area contributed by atoms with Gasteiger partial charge in [-0.1, -0.05) is 20.8 Å². The van der Waals surface area contributed by atoms with Crippen LogP contribution in [0.3, 0.4) is 0 Å². The number of carboxylic acids is 1. The molecule has 0 aliphatic carbocycles. The Morgan fingerprint density at radius 2 is 2.25 bits per heavy atom. The molecular weight excluding hydrogens is 260 g/mol. The Hall–Kier alpha value is -2.18. The molecule has 0 saturated carbocycles. The number of carbonyl (C=O) groups is 1.